The largest absolute Gasteiger partial charge is 0.491 e. The molecule has 2 amide bonds. The SMILES string of the molecule is CCN(C1=C(c2ccc(OC(C)C)cc2)C(=O)N(CCCOC(C)C)C1=O)c1ccccc1. The molecule has 0 aromatic heterocycles. The molecule has 1 aliphatic heterocycles. The standard InChI is InChI=1S/C27H34N2O4/c1-6-28(22-11-8-7-9-12-22)25-24(21-13-15-23(16-14-21)33-20(4)5)26(30)29(27(25)31)17-10-18-32-19(2)3/h7-9,11-16,19-20H,6,10,17-18H2,1-5H3. The van der Waals surface area contributed by atoms with Crippen LogP contribution in [0, 0.1) is 0 Å². The predicted molar refractivity (Wildman–Crippen MR) is 131 cm³/mol. The topological polar surface area (TPSA) is 59.1 Å². The summed E-state index contributed by atoms with van der Waals surface area (Å²) >= 11 is 0. The van der Waals surface area contributed by atoms with Crippen LogP contribution in [0.5, 0.6) is 5.75 Å². The second kappa shape index (κ2) is 11.1. The van der Waals surface area contributed by atoms with Gasteiger partial charge >= 0.3 is 0 Å². The van der Waals surface area contributed by atoms with Crippen LogP contribution in [-0.4, -0.2) is 48.6 Å². The number of ether oxygens (including phenoxy) is 2. The summed E-state index contributed by atoms with van der Waals surface area (Å²) in [6.07, 6.45) is 0.756. The first-order valence-electron chi connectivity index (χ1n) is 11.6. The summed E-state index contributed by atoms with van der Waals surface area (Å²) in [4.78, 5) is 30.3. The summed E-state index contributed by atoms with van der Waals surface area (Å²) in [5.41, 5.74) is 2.41. The number of hydrogen-bond donors (Lipinski definition) is 0. The van der Waals surface area contributed by atoms with E-state index >= 15 is 0 Å². The fraction of sp³-hybridized carbons (Fsp3) is 0.407. The molecule has 2 aromatic carbocycles. The van der Waals surface area contributed by atoms with Crippen molar-refractivity contribution in [1.29, 1.82) is 0 Å². The van der Waals surface area contributed by atoms with Crippen LogP contribution in [0.4, 0.5) is 5.69 Å². The highest BCUT2D eigenvalue weighted by Crippen LogP contribution is 2.35. The maximum atomic E-state index is 13.6. The third-order valence-electron chi connectivity index (χ3n) is 5.29. The van der Waals surface area contributed by atoms with E-state index in [0.717, 1.165) is 11.4 Å². The monoisotopic (exact) mass is 450 g/mol. The van der Waals surface area contributed by atoms with Gasteiger partial charge in [-0.25, -0.2) is 0 Å². The number of hydrogen-bond acceptors (Lipinski definition) is 5. The van der Waals surface area contributed by atoms with Gasteiger partial charge in [0.25, 0.3) is 11.8 Å². The molecule has 0 radical (unpaired) electrons. The Morgan fingerprint density at radius 2 is 1.55 bits per heavy atom. The zero-order chi connectivity index (χ0) is 24.0. The molecule has 2 aromatic rings. The zero-order valence-corrected chi connectivity index (χ0v) is 20.2. The highest BCUT2D eigenvalue weighted by molar-refractivity contribution is 6.36. The smallest absolute Gasteiger partial charge is 0.278 e. The van der Waals surface area contributed by atoms with Crippen molar-refractivity contribution in [2.75, 3.05) is 24.6 Å². The van der Waals surface area contributed by atoms with Crippen LogP contribution in [0.3, 0.4) is 0 Å². The van der Waals surface area contributed by atoms with E-state index in [2.05, 4.69) is 0 Å². The van der Waals surface area contributed by atoms with Crippen molar-refractivity contribution in [3.63, 3.8) is 0 Å². The van der Waals surface area contributed by atoms with Crippen molar-refractivity contribution in [3.8, 4) is 5.75 Å². The van der Waals surface area contributed by atoms with Gasteiger partial charge in [0.1, 0.15) is 11.4 Å². The predicted octanol–water partition coefficient (Wildman–Crippen LogP) is 4.90. The van der Waals surface area contributed by atoms with Crippen LogP contribution in [0.15, 0.2) is 60.3 Å². The fourth-order valence-electron chi connectivity index (χ4n) is 3.87. The highest BCUT2D eigenvalue weighted by atomic mass is 16.5. The van der Waals surface area contributed by atoms with Crippen LogP contribution in [0.1, 0.15) is 46.6 Å². The van der Waals surface area contributed by atoms with Gasteiger partial charge < -0.3 is 14.4 Å². The normalized spacial score (nSPS) is 14.1. The van der Waals surface area contributed by atoms with Crippen LogP contribution in [0.2, 0.25) is 0 Å². The number of carbonyl (C=O) groups is 2. The molecule has 0 bridgehead atoms. The second-order valence-electron chi connectivity index (χ2n) is 8.53. The quantitative estimate of drug-likeness (QED) is 0.360. The van der Waals surface area contributed by atoms with Gasteiger partial charge in [-0.05, 0) is 70.9 Å². The number of para-hydroxylation sites is 1. The number of rotatable bonds is 11. The van der Waals surface area contributed by atoms with E-state index in [-0.39, 0.29) is 24.0 Å². The minimum absolute atomic E-state index is 0.0533. The first-order chi connectivity index (χ1) is 15.8. The van der Waals surface area contributed by atoms with Gasteiger partial charge in [0.15, 0.2) is 0 Å². The lowest BCUT2D eigenvalue weighted by atomic mass is 10.0. The van der Waals surface area contributed by atoms with Crippen molar-refractivity contribution in [3.05, 3.63) is 65.9 Å². The summed E-state index contributed by atoms with van der Waals surface area (Å²) in [5, 5.41) is 0. The molecule has 0 N–H and O–H groups in total. The molecule has 33 heavy (non-hydrogen) atoms. The van der Waals surface area contributed by atoms with Crippen molar-refractivity contribution in [2.24, 2.45) is 0 Å². The average Bonchev–Trinajstić information content (AvgIpc) is 3.03. The third-order valence-corrected chi connectivity index (χ3v) is 5.29. The van der Waals surface area contributed by atoms with Crippen LogP contribution in [-0.2, 0) is 14.3 Å². The summed E-state index contributed by atoms with van der Waals surface area (Å²) in [6.45, 7) is 11.2. The first kappa shape index (κ1) is 24.5. The van der Waals surface area contributed by atoms with Crippen LogP contribution < -0.4 is 9.64 Å². The van der Waals surface area contributed by atoms with E-state index in [1.807, 2.05) is 94.1 Å². The molecule has 1 aliphatic rings. The Labute approximate surface area is 196 Å². The maximum Gasteiger partial charge on any atom is 0.278 e. The van der Waals surface area contributed by atoms with Gasteiger partial charge in [0.05, 0.1) is 17.8 Å². The zero-order valence-electron chi connectivity index (χ0n) is 20.2. The summed E-state index contributed by atoms with van der Waals surface area (Å²) in [6, 6.07) is 17.1. The summed E-state index contributed by atoms with van der Waals surface area (Å²) in [7, 11) is 0. The van der Waals surface area contributed by atoms with Gasteiger partial charge in [-0.2, -0.15) is 0 Å². The minimum Gasteiger partial charge on any atom is -0.491 e. The molecular weight excluding hydrogens is 416 g/mol. The Kier molecular flexibility index (Phi) is 8.28. The Balaban J connectivity index is 1.98. The number of likely N-dealkylation sites (N-methyl/N-ethyl adjacent to an activating group) is 1. The average molecular weight is 451 g/mol. The van der Waals surface area contributed by atoms with Crippen molar-refractivity contribution in [1.82, 2.24) is 4.90 Å². The van der Waals surface area contributed by atoms with Crippen LogP contribution >= 0.6 is 0 Å². The van der Waals surface area contributed by atoms with Crippen LogP contribution in [0.25, 0.3) is 5.57 Å². The van der Waals surface area contributed by atoms with E-state index < -0.39 is 0 Å². The van der Waals surface area contributed by atoms with E-state index in [0.29, 0.717) is 43.0 Å². The molecule has 6 nitrogen and oxygen atoms in total. The second-order valence-corrected chi connectivity index (χ2v) is 8.53. The highest BCUT2D eigenvalue weighted by Gasteiger charge is 2.41. The van der Waals surface area contributed by atoms with E-state index in [1.165, 1.54) is 4.90 Å². The Morgan fingerprint density at radius 3 is 2.12 bits per heavy atom. The molecule has 0 saturated carbocycles. The lowest BCUT2D eigenvalue weighted by Crippen LogP contribution is -2.36. The maximum absolute atomic E-state index is 13.6. The molecule has 1 heterocycles. The number of imide groups is 1. The van der Waals surface area contributed by atoms with E-state index in [9.17, 15) is 9.59 Å². The van der Waals surface area contributed by atoms with Gasteiger partial charge in [-0.1, -0.05) is 30.3 Å². The van der Waals surface area contributed by atoms with Crippen molar-refractivity contribution < 1.29 is 19.1 Å². The van der Waals surface area contributed by atoms with Gasteiger partial charge in [0.2, 0.25) is 0 Å². The molecule has 0 fully saturated rings. The van der Waals surface area contributed by atoms with Gasteiger partial charge in [-0.3, -0.25) is 14.5 Å². The van der Waals surface area contributed by atoms with Gasteiger partial charge in [0, 0.05) is 25.4 Å². The summed E-state index contributed by atoms with van der Waals surface area (Å²) < 4.78 is 11.4. The molecule has 0 saturated heterocycles. The molecule has 0 atom stereocenters. The lowest BCUT2D eigenvalue weighted by molar-refractivity contribution is -0.137. The number of carbonyl (C=O) groups excluding carboxylic acids is 2. The Morgan fingerprint density at radius 1 is 0.879 bits per heavy atom. The molecule has 0 aliphatic carbocycles. The van der Waals surface area contributed by atoms with Crippen molar-refractivity contribution >= 4 is 23.1 Å². The number of amides is 2. The van der Waals surface area contributed by atoms with E-state index in [4.69, 9.17) is 9.47 Å². The van der Waals surface area contributed by atoms with Gasteiger partial charge in [-0.15, -0.1) is 0 Å². The summed E-state index contributed by atoms with van der Waals surface area (Å²) in [5.74, 6) is 0.185. The fourth-order valence-corrected chi connectivity index (χ4v) is 3.87. The Bertz CT molecular complexity index is 981. The van der Waals surface area contributed by atoms with E-state index in [1.54, 1.807) is 0 Å². The minimum atomic E-state index is -0.272. The number of benzene rings is 2. The number of anilines is 1. The Hall–Kier alpha value is -3.12. The molecular formula is C27H34N2O4. The van der Waals surface area contributed by atoms with Crippen molar-refractivity contribution in [2.45, 2.75) is 53.2 Å². The molecule has 6 heteroatoms. The molecule has 0 unspecified atom stereocenters. The molecule has 176 valence electrons. The third kappa shape index (κ3) is 5.82. The number of nitrogens with zero attached hydrogens (tertiary/aromatic N) is 2. The first-order valence-corrected chi connectivity index (χ1v) is 11.6. The molecule has 0 spiro atoms. The lowest BCUT2D eigenvalue weighted by Gasteiger charge is -2.25. The molecule has 3 rings (SSSR count).